The van der Waals surface area contributed by atoms with E-state index in [1.807, 2.05) is 19.9 Å². The summed E-state index contributed by atoms with van der Waals surface area (Å²) in [6.07, 6.45) is 1.04. The van der Waals surface area contributed by atoms with Crippen LogP contribution in [0.4, 0.5) is 0 Å². The Morgan fingerprint density at radius 1 is 1.24 bits per heavy atom. The molecule has 21 heavy (non-hydrogen) atoms. The van der Waals surface area contributed by atoms with Crippen LogP contribution in [0.2, 0.25) is 0 Å². The quantitative estimate of drug-likeness (QED) is 0.606. The van der Waals surface area contributed by atoms with E-state index < -0.39 is 0 Å². The highest BCUT2D eigenvalue weighted by Crippen LogP contribution is 2.20. The second-order valence-electron chi connectivity index (χ2n) is 4.56. The van der Waals surface area contributed by atoms with E-state index in [-0.39, 0.29) is 18.4 Å². The fourth-order valence-electron chi connectivity index (χ4n) is 1.82. The van der Waals surface area contributed by atoms with Gasteiger partial charge in [0.25, 0.3) is 0 Å². The molecule has 0 N–H and O–H groups in total. The van der Waals surface area contributed by atoms with E-state index in [0.717, 1.165) is 10.6 Å². The smallest absolute Gasteiger partial charge is 0.338 e. The lowest BCUT2D eigenvalue weighted by molar-refractivity contribution is 0.0509. The van der Waals surface area contributed by atoms with Crippen molar-refractivity contribution < 1.29 is 14.3 Å². The fourth-order valence-corrected chi connectivity index (χ4v) is 2.88. The van der Waals surface area contributed by atoms with Crippen LogP contribution in [0.3, 0.4) is 0 Å². The number of benzene rings is 1. The van der Waals surface area contributed by atoms with Crippen molar-refractivity contribution in [2.24, 2.45) is 0 Å². The number of carbonyl (C=O) groups is 2. The number of hydrogen-bond acceptors (Lipinski definition) is 5. The van der Waals surface area contributed by atoms with Crippen molar-refractivity contribution in [3.05, 3.63) is 51.5 Å². The lowest BCUT2D eigenvalue weighted by atomic mass is 10.2. The Hall–Kier alpha value is -2.01. The number of ether oxygens (including phenoxy) is 1. The maximum Gasteiger partial charge on any atom is 0.338 e. The molecule has 0 aliphatic carbocycles. The van der Waals surface area contributed by atoms with Gasteiger partial charge < -0.3 is 4.74 Å². The van der Waals surface area contributed by atoms with E-state index in [0.29, 0.717) is 23.4 Å². The number of ketones is 1. The molecule has 0 unspecified atom stereocenters. The van der Waals surface area contributed by atoms with Crippen molar-refractivity contribution in [2.45, 2.75) is 26.7 Å². The first-order chi connectivity index (χ1) is 10.1. The first-order valence-electron chi connectivity index (χ1n) is 6.83. The third-order valence-electron chi connectivity index (χ3n) is 3.02. The van der Waals surface area contributed by atoms with E-state index in [4.69, 9.17) is 4.74 Å². The van der Waals surface area contributed by atoms with E-state index >= 15 is 0 Å². The summed E-state index contributed by atoms with van der Waals surface area (Å²) in [5.74, 6) is -0.279. The van der Waals surface area contributed by atoms with Gasteiger partial charge in [0.1, 0.15) is 0 Å². The Balaban J connectivity index is 1.90. The number of hydrogen-bond donors (Lipinski definition) is 0. The second kappa shape index (κ2) is 7.13. The number of aryl methyl sites for hydroxylation is 1. The largest absolute Gasteiger partial charge is 0.462 e. The van der Waals surface area contributed by atoms with Crippen molar-refractivity contribution >= 4 is 23.1 Å². The molecule has 1 aromatic carbocycles. The van der Waals surface area contributed by atoms with E-state index in [1.54, 1.807) is 24.3 Å². The first-order valence-corrected chi connectivity index (χ1v) is 7.65. The maximum atomic E-state index is 11.8. The molecular formula is C16H17NO3S. The molecule has 2 aromatic rings. The number of carbonyl (C=O) groups excluding carboxylic acids is 2. The van der Waals surface area contributed by atoms with Gasteiger partial charge >= 0.3 is 5.97 Å². The Bertz CT molecular complexity index is 634. The van der Waals surface area contributed by atoms with Crippen LogP contribution in [0.25, 0.3) is 0 Å². The van der Waals surface area contributed by atoms with Crippen LogP contribution in [-0.2, 0) is 11.2 Å². The molecule has 1 aromatic heterocycles. The zero-order valence-corrected chi connectivity index (χ0v) is 12.9. The monoisotopic (exact) mass is 303 g/mol. The van der Waals surface area contributed by atoms with Crippen molar-refractivity contribution in [3.8, 4) is 0 Å². The molecule has 0 amide bonds. The summed E-state index contributed by atoms with van der Waals surface area (Å²) in [7, 11) is 0. The Labute approximate surface area is 127 Å². The highest BCUT2D eigenvalue weighted by molar-refractivity contribution is 7.13. The first kappa shape index (κ1) is 15.4. The van der Waals surface area contributed by atoms with Crippen LogP contribution >= 0.6 is 11.3 Å². The zero-order chi connectivity index (χ0) is 15.2. The molecule has 5 heteroatoms. The summed E-state index contributed by atoms with van der Waals surface area (Å²) in [5.41, 5.74) is 1.38. The zero-order valence-electron chi connectivity index (χ0n) is 12.1. The van der Waals surface area contributed by atoms with Crippen LogP contribution in [0.5, 0.6) is 0 Å². The van der Waals surface area contributed by atoms with Gasteiger partial charge in [-0.05, 0) is 19.1 Å². The summed E-state index contributed by atoms with van der Waals surface area (Å²) in [4.78, 5) is 28.7. The van der Waals surface area contributed by atoms with Crippen LogP contribution in [-0.4, -0.2) is 23.3 Å². The minimum atomic E-state index is -0.331. The predicted molar refractivity (Wildman–Crippen MR) is 81.9 cm³/mol. The number of Topliss-reactive ketones (excluding diaryl/α,β-unsaturated/α-hetero) is 1. The standard InChI is InChI=1S/C16H17NO3S/c1-3-13(18)15-17-11(2)14(21-15)9-10-20-16(19)12-7-5-4-6-8-12/h4-8H,3,9-10H2,1-2H3. The molecule has 0 bridgehead atoms. The molecule has 1 heterocycles. The number of thiazole rings is 1. The molecule has 0 spiro atoms. The summed E-state index contributed by atoms with van der Waals surface area (Å²) >= 11 is 1.39. The molecule has 0 atom stereocenters. The third-order valence-corrected chi connectivity index (χ3v) is 4.28. The van der Waals surface area contributed by atoms with Crippen molar-refractivity contribution in [2.75, 3.05) is 6.61 Å². The van der Waals surface area contributed by atoms with Gasteiger partial charge in [0, 0.05) is 17.7 Å². The Kier molecular flexibility index (Phi) is 5.22. The number of aromatic nitrogens is 1. The molecule has 0 saturated carbocycles. The van der Waals surface area contributed by atoms with Gasteiger partial charge in [-0.3, -0.25) is 4.79 Å². The minimum absolute atomic E-state index is 0.0515. The topological polar surface area (TPSA) is 56.3 Å². The number of nitrogens with zero attached hydrogens (tertiary/aromatic N) is 1. The minimum Gasteiger partial charge on any atom is -0.462 e. The molecule has 110 valence electrons. The summed E-state index contributed by atoms with van der Waals surface area (Å²) in [6, 6.07) is 8.89. The van der Waals surface area contributed by atoms with E-state index in [2.05, 4.69) is 4.98 Å². The number of esters is 1. The van der Waals surface area contributed by atoms with Crippen LogP contribution < -0.4 is 0 Å². The Morgan fingerprint density at radius 3 is 2.62 bits per heavy atom. The highest BCUT2D eigenvalue weighted by Gasteiger charge is 2.13. The fraction of sp³-hybridized carbons (Fsp3) is 0.312. The molecule has 0 saturated heterocycles. The summed E-state index contributed by atoms with van der Waals surface area (Å²) in [5, 5.41) is 0.541. The van der Waals surface area contributed by atoms with Gasteiger partial charge in [-0.2, -0.15) is 0 Å². The molecular weight excluding hydrogens is 286 g/mol. The molecule has 2 rings (SSSR count). The average Bonchev–Trinajstić information content (AvgIpc) is 2.88. The SMILES string of the molecule is CCC(=O)c1nc(C)c(CCOC(=O)c2ccccc2)s1. The van der Waals surface area contributed by atoms with E-state index in [1.165, 1.54) is 11.3 Å². The average molecular weight is 303 g/mol. The van der Waals surface area contributed by atoms with Crippen molar-refractivity contribution in [1.29, 1.82) is 0 Å². The second-order valence-corrected chi connectivity index (χ2v) is 5.64. The Morgan fingerprint density at radius 2 is 1.95 bits per heavy atom. The van der Waals surface area contributed by atoms with Gasteiger partial charge in [-0.25, -0.2) is 9.78 Å². The van der Waals surface area contributed by atoms with Crippen molar-refractivity contribution in [3.63, 3.8) is 0 Å². The normalized spacial score (nSPS) is 10.4. The summed E-state index contributed by atoms with van der Waals surface area (Å²) in [6.45, 7) is 3.98. The predicted octanol–water partition coefficient (Wildman–Crippen LogP) is 3.44. The molecule has 0 fully saturated rings. The van der Waals surface area contributed by atoms with Gasteiger partial charge in [0.2, 0.25) is 0 Å². The van der Waals surface area contributed by atoms with Crippen LogP contribution in [0.1, 0.15) is 44.1 Å². The summed E-state index contributed by atoms with van der Waals surface area (Å²) < 4.78 is 5.24. The van der Waals surface area contributed by atoms with Crippen molar-refractivity contribution in [1.82, 2.24) is 4.98 Å². The molecule has 0 radical (unpaired) electrons. The van der Waals surface area contributed by atoms with Gasteiger partial charge in [-0.1, -0.05) is 25.1 Å². The van der Waals surface area contributed by atoms with E-state index in [9.17, 15) is 9.59 Å². The highest BCUT2D eigenvalue weighted by atomic mass is 32.1. The molecule has 0 aliphatic heterocycles. The van der Waals surface area contributed by atoms with Gasteiger partial charge in [0.15, 0.2) is 10.8 Å². The number of rotatable bonds is 6. The van der Waals surface area contributed by atoms with Crippen LogP contribution in [0.15, 0.2) is 30.3 Å². The maximum absolute atomic E-state index is 11.8. The van der Waals surface area contributed by atoms with Crippen LogP contribution in [0, 0.1) is 6.92 Å². The van der Waals surface area contributed by atoms with Gasteiger partial charge in [-0.15, -0.1) is 11.3 Å². The lowest BCUT2D eigenvalue weighted by Gasteiger charge is -2.03. The molecule has 4 nitrogen and oxygen atoms in total. The third kappa shape index (κ3) is 3.98. The lowest BCUT2D eigenvalue weighted by Crippen LogP contribution is -2.07. The van der Waals surface area contributed by atoms with Gasteiger partial charge in [0.05, 0.1) is 17.9 Å². The molecule has 0 aliphatic rings.